The molecule has 0 spiro atoms. The van der Waals surface area contributed by atoms with Gasteiger partial charge in [0, 0.05) is 16.2 Å². The van der Waals surface area contributed by atoms with E-state index >= 15 is 0 Å². The second kappa shape index (κ2) is 10.2. The van der Waals surface area contributed by atoms with Gasteiger partial charge in [-0.1, -0.05) is 44.2 Å². The van der Waals surface area contributed by atoms with E-state index in [1.807, 2.05) is 19.9 Å². The summed E-state index contributed by atoms with van der Waals surface area (Å²) in [6, 6.07) is 14.6. The van der Waals surface area contributed by atoms with E-state index in [9.17, 15) is 4.79 Å². The van der Waals surface area contributed by atoms with Crippen LogP contribution in [0.5, 0.6) is 0 Å². The van der Waals surface area contributed by atoms with Crippen LogP contribution < -0.4 is 29.5 Å². The molecular formula is C20H26LiO2P. The fourth-order valence-corrected chi connectivity index (χ4v) is 4.45. The van der Waals surface area contributed by atoms with Crippen LogP contribution >= 0.6 is 8.15 Å². The van der Waals surface area contributed by atoms with Crippen molar-refractivity contribution < 1.29 is 29.6 Å². The average Bonchev–Trinajstić information content (AvgIpc) is 2.52. The van der Waals surface area contributed by atoms with Crippen LogP contribution in [0.25, 0.3) is 0 Å². The van der Waals surface area contributed by atoms with E-state index < -0.39 is 8.15 Å². The average molecular weight is 336 g/mol. The Morgan fingerprint density at radius 1 is 1.08 bits per heavy atom. The molecule has 4 heteroatoms. The number of aldehydes is 1. The van der Waals surface area contributed by atoms with Gasteiger partial charge in [-0.2, -0.15) is 0 Å². The van der Waals surface area contributed by atoms with E-state index in [4.69, 9.17) is 4.52 Å². The topological polar surface area (TPSA) is 26.3 Å². The van der Waals surface area contributed by atoms with Crippen LogP contribution in [0.4, 0.5) is 0 Å². The molecule has 0 aromatic heterocycles. The minimum atomic E-state index is -0.847. The van der Waals surface area contributed by atoms with Crippen molar-refractivity contribution in [1.82, 2.24) is 0 Å². The van der Waals surface area contributed by atoms with E-state index in [1.54, 1.807) is 0 Å². The summed E-state index contributed by atoms with van der Waals surface area (Å²) in [6.07, 6.45) is 1.99. The van der Waals surface area contributed by atoms with Gasteiger partial charge in [0.15, 0.2) is 6.29 Å². The second-order valence-electron chi connectivity index (χ2n) is 6.26. The van der Waals surface area contributed by atoms with Crippen LogP contribution in [-0.4, -0.2) is 12.9 Å². The van der Waals surface area contributed by atoms with E-state index in [-0.39, 0.29) is 20.3 Å². The molecule has 1 atom stereocenters. The molecule has 24 heavy (non-hydrogen) atoms. The van der Waals surface area contributed by atoms with Gasteiger partial charge in [-0.15, -0.1) is 0 Å². The summed E-state index contributed by atoms with van der Waals surface area (Å²) in [4.78, 5) is 11.2. The van der Waals surface area contributed by atoms with Gasteiger partial charge in [0.05, 0.1) is 14.8 Å². The predicted octanol–water partition coefficient (Wildman–Crippen LogP) is 1.64. The summed E-state index contributed by atoms with van der Waals surface area (Å²) < 4.78 is 6.29. The molecule has 0 aliphatic heterocycles. The molecular weight excluding hydrogens is 310 g/mol. The first-order chi connectivity index (χ1) is 11.0. The van der Waals surface area contributed by atoms with Crippen LogP contribution in [0.2, 0.25) is 0 Å². The van der Waals surface area contributed by atoms with Crippen molar-refractivity contribution >= 4 is 25.0 Å². The van der Waals surface area contributed by atoms with Gasteiger partial charge < -0.3 is 5.95 Å². The molecule has 0 heterocycles. The van der Waals surface area contributed by atoms with Crippen LogP contribution in [0.15, 0.2) is 42.5 Å². The number of carbonyl (C=O) groups excluding carboxylic acids is 1. The molecule has 0 bridgehead atoms. The molecule has 0 N–H and O–H groups in total. The first-order valence-corrected chi connectivity index (χ1v) is 9.33. The Morgan fingerprint density at radius 3 is 2.17 bits per heavy atom. The summed E-state index contributed by atoms with van der Waals surface area (Å²) in [5.41, 5.74) is 2.83. The van der Waals surface area contributed by atoms with Crippen molar-refractivity contribution in [2.45, 2.75) is 34.1 Å². The maximum absolute atomic E-state index is 11.2. The van der Waals surface area contributed by atoms with Crippen molar-refractivity contribution in [2.24, 2.45) is 5.92 Å². The first kappa shape index (κ1) is 21.1. The third kappa shape index (κ3) is 5.57. The molecule has 2 nitrogen and oxygen atoms in total. The van der Waals surface area contributed by atoms with Gasteiger partial charge in [-0.25, -0.2) is 0 Å². The molecule has 2 rings (SSSR count). The van der Waals surface area contributed by atoms with Crippen molar-refractivity contribution in [3.63, 3.8) is 0 Å². The largest absolute Gasteiger partial charge is 1.00 e. The fraction of sp³-hybridized carbons (Fsp3) is 0.350. The Kier molecular flexibility index (Phi) is 8.96. The van der Waals surface area contributed by atoms with Gasteiger partial charge in [-0.05, 0) is 49.4 Å². The molecule has 1 unspecified atom stereocenters. The van der Waals surface area contributed by atoms with Gasteiger partial charge >= 0.3 is 18.9 Å². The molecule has 0 aliphatic carbocycles. The van der Waals surface area contributed by atoms with Crippen molar-refractivity contribution in [3.8, 4) is 0 Å². The Bertz CT molecular complexity index is 639. The standard InChI is InChI=1S/C20H25O2P.Li.H/c1-15(2)10-11-22-23(18-8-6-5-7-9-18)19-12-16(3)20(14-21)17(4)13-19;;/h5-9,12-15H,10-11H2,1-4H3;;/q;+1;-1. The Morgan fingerprint density at radius 2 is 1.67 bits per heavy atom. The molecule has 0 amide bonds. The summed E-state index contributed by atoms with van der Waals surface area (Å²) in [5.74, 6) is 0.628. The third-order valence-corrected chi connectivity index (χ3v) is 5.77. The smallest absolute Gasteiger partial charge is 1.00 e. The maximum Gasteiger partial charge on any atom is 1.00 e. The number of benzene rings is 2. The molecule has 2 aromatic carbocycles. The summed E-state index contributed by atoms with van der Waals surface area (Å²) in [6.45, 7) is 9.16. The molecule has 0 saturated carbocycles. The Hall–Kier alpha value is -0.903. The number of rotatable bonds is 7. The SMILES string of the molecule is Cc1cc(P(OCCC(C)C)c2ccccc2)cc(C)c1C=O.[H-].[Li+]. The van der Waals surface area contributed by atoms with E-state index in [0.717, 1.165) is 36.0 Å². The number of aryl methyl sites for hydroxylation is 2. The maximum atomic E-state index is 11.2. The van der Waals surface area contributed by atoms with Crippen molar-refractivity contribution in [3.05, 3.63) is 59.2 Å². The molecule has 0 radical (unpaired) electrons. The van der Waals surface area contributed by atoms with Crippen LogP contribution in [-0.2, 0) is 4.52 Å². The monoisotopic (exact) mass is 336 g/mol. The van der Waals surface area contributed by atoms with Crippen LogP contribution in [0.1, 0.15) is 43.2 Å². The molecule has 0 saturated heterocycles. The first-order valence-electron chi connectivity index (χ1n) is 8.07. The zero-order valence-corrected chi connectivity index (χ0v) is 16.3. The van der Waals surface area contributed by atoms with Crippen LogP contribution in [0.3, 0.4) is 0 Å². The predicted molar refractivity (Wildman–Crippen MR) is 100 cm³/mol. The summed E-state index contributed by atoms with van der Waals surface area (Å²) in [5, 5.41) is 2.39. The minimum Gasteiger partial charge on any atom is -1.00 e. The second-order valence-corrected chi connectivity index (χ2v) is 8.14. The Labute approximate surface area is 160 Å². The molecule has 2 aromatic rings. The van der Waals surface area contributed by atoms with E-state index in [2.05, 4.69) is 50.2 Å². The molecule has 124 valence electrons. The van der Waals surface area contributed by atoms with E-state index in [0.29, 0.717) is 5.92 Å². The number of hydrogen-bond acceptors (Lipinski definition) is 2. The molecule has 0 fully saturated rings. The minimum absolute atomic E-state index is 0. The summed E-state index contributed by atoms with van der Waals surface area (Å²) >= 11 is 0. The van der Waals surface area contributed by atoms with E-state index in [1.165, 1.54) is 10.6 Å². The van der Waals surface area contributed by atoms with Crippen molar-refractivity contribution in [2.75, 3.05) is 6.61 Å². The number of carbonyl (C=O) groups is 1. The quantitative estimate of drug-likeness (QED) is 0.437. The molecule has 0 aliphatic rings. The third-order valence-electron chi connectivity index (χ3n) is 3.84. The fourth-order valence-electron chi connectivity index (χ4n) is 2.50. The summed E-state index contributed by atoms with van der Waals surface area (Å²) in [7, 11) is -0.847. The van der Waals surface area contributed by atoms with Gasteiger partial charge in [0.25, 0.3) is 0 Å². The van der Waals surface area contributed by atoms with Gasteiger partial charge in [0.2, 0.25) is 0 Å². The van der Waals surface area contributed by atoms with Crippen molar-refractivity contribution in [1.29, 1.82) is 0 Å². The number of hydrogen-bond donors (Lipinski definition) is 0. The Balaban J connectivity index is 0.00000288. The normalized spacial score (nSPS) is 11.9. The van der Waals surface area contributed by atoms with Gasteiger partial charge in [-0.3, -0.25) is 4.79 Å². The van der Waals surface area contributed by atoms with Crippen LogP contribution in [0, 0.1) is 19.8 Å². The zero-order valence-electron chi connectivity index (χ0n) is 16.4. The van der Waals surface area contributed by atoms with Gasteiger partial charge in [0.1, 0.15) is 0 Å². The zero-order chi connectivity index (χ0) is 16.8.